The Morgan fingerprint density at radius 1 is 1.23 bits per heavy atom. The van der Waals surface area contributed by atoms with Crippen molar-refractivity contribution in [2.24, 2.45) is 0 Å². The Morgan fingerprint density at radius 3 is 2.70 bits per heavy atom. The van der Waals surface area contributed by atoms with E-state index in [-0.39, 0.29) is 17.1 Å². The van der Waals surface area contributed by atoms with Gasteiger partial charge in [0.15, 0.2) is 11.5 Å². The van der Waals surface area contributed by atoms with E-state index in [1.807, 2.05) is 6.07 Å². The first-order chi connectivity index (χ1) is 14.4. The third-order valence-corrected chi connectivity index (χ3v) is 7.07. The van der Waals surface area contributed by atoms with Gasteiger partial charge < -0.3 is 5.32 Å². The van der Waals surface area contributed by atoms with Crippen molar-refractivity contribution in [2.45, 2.75) is 32.1 Å². The molecule has 2 aromatic heterocycles. The second-order valence-electron chi connectivity index (χ2n) is 7.38. The van der Waals surface area contributed by atoms with Crippen LogP contribution in [0.4, 0.5) is 20.2 Å². The summed E-state index contributed by atoms with van der Waals surface area (Å²) >= 11 is 0. The molecule has 0 unspecified atom stereocenters. The Morgan fingerprint density at radius 2 is 2.00 bits per heavy atom. The van der Waals surface area contributed by atoms with E-state index >= 15 is 0 Å². The van der Waals surface area contributed by atoms with Crippen LogP contribution in [0.2, 0.25) is 0 Å². The van der Waals surface area contributed by atoms with Crippen molar-refractivity contribution in [3.8, 4) is 0 Å². The molecular weight excluding hydrogens is 412 g/mol. The molecule has 0 saturated carbocycles. The summed E-state index contributed by atoms with van der Waals surface area (Å²) in [6, 6.07) is 4.70. The highest BCUT2D eigenvalue weighted by Crippen LogP contribution is 2.32. The molecule has 4 rings (SSSR count). The van der Waals surface area contributed by atoms with Crippen LogP contribution in [0.1, 0.15) is 37.8 Å². The fourth-order valence-electron chi connectivity index (χ4n) is 3.75. The number of aromatic nitrogens is 3. The van der Waals surface area contributed by atoms with Gasteiger partial charge in [0.2, 0.25) is 10.0 Å². The molecule has 0 spiro atoms. The molecule has 160 valence electrons. The maximum Gasteiger partial charge on any atom is 0.239 e. The minimum atomic E-state index is -3.91. The number of hydrogen-bond acceptors (Lipinski definition) is 5. The molecule has 0 atom stereocenters. The highest BCUT2D eigenvalue weighted by atomic mass is 32.2. The highest BCUT2D eigenvalue weighted by molar-refractivity contribution is 7.93. The van der Waals surface area contributed by atoms with Crippen LogP contribution in [-0.4, -0.2) is 41.9 Å². The summed E-state index contributed by atoms with van der Waals surface area (Å²) in [4.78, 5) is 4.35. The Hall–Kier alpha value is -2.59. The lowest BCUT2D eigenvalue weighted by Crippen LogP contribution is -2.29. The zero-order chi connectivity index (χ0) is 21.3. The number of anilines is 2. The number of hydrogen-bond donors (Lipinski definition) is 1. The highest BCUT2D eigenvalue weighted by Gasteiger charge is 2.28. The standard InChI is InChI=1S/C20H23F2N5O2S/c1-2-9-30(28,29)27(19-4-3-15(21)10-17(19)22)16-12-24-20-11-18(25-26(20)13-16)14-5-7-23-8-6-14/h3-4,10-14,23H,2,5-9H2,1H3. The number of nitrogens with zero attached hydrogens (tertiary/aromatic N) is 4. The van der Waals surface area contributed by atoms with Gasteiger partial charge in [-0.05, 0) is 44.5 Å². The molecule has 10 heteroatoms. The first kappa shape index (κ1) is 20.7. The molecule has 0 radical (unpaired) electrons. The maximum absolute atomic E-state index is 14.5. The third kappa shape index (κ3) is 4.01. The Kier molecular flexibility index (Phi) is 5.70. The number of piperidine rings is 1. The Balaban J connectivity index is 1.79. The molecule has 1 N–H and O–H groups in total. The number of nitrogens with one attached hydrogen (secondary N) is 1. The van der Waals surface area contributed by atoms with E-state index in [1.54, 1.807) is 6.92 Å². The van der Waals surface area contributed by atoms with Crippen LogP contribution < -0.4 is 9.62 Å². The molecule has 0 bridgehead atoms. The van der Waals surface area contributed by atoms with Crippen LogP contribution >= 0.6 is 0 Å². The third-order valence-electron chi connectivity index (χ3n) is 5.18. The first-order valence-corrected chi connectivity index (χ1v) is 11.5. The van der Waals surface area contributed by atoms with Gasteiger partial charge in [-0.25, -0.2) is 31.0 Å². The van der Waals surface area contributed by atoms with E-state index in [2.05, 4.69) is 15.4 Å². The second kappa shape index (κ2) is 8.27. The fourth-order valence-corrected chi connectivity index (χ4v) is 5.31. The van der Waals surface area contributed by atoms with Gasteiger partial charge in [0.05, 0.1) is 35.2 Å². The average molecular weight is 436 g/mol. The second-order valence-corrected chi connectivity index (χ2v) is 9.32. The fraction of sp³-hybridized carbons (Fsp3) is 0.400. The van der Waals surface area contributed by atoms with E-state index in [0.717, 1.165) is 48.1 Å². The Bertz CT molecular complexity index is 1160. The van der Waals surface area contributed by atoms with Crippen LogP contribution in [0.25, 0.3) is 5.65 Å². The van der Waals surface area contributed by atoms with Crippen LogP contribution in [0.3, 0.4) is 0 Å². The van der Waals surface area contributed by atoms with Crippen molar-refractivity contribution in [1.82, 2.24) is 19.9 Å². The summed E-state index contributed by atoms with van der Waals surface area (Å²) < 4.78 is 56.2. The summed E-state index contributed by atoms with van der Waals surface area (Å²) in [6.07, 6.45) is 5.17. The van der Waals surface area contributed by atoms with Crippen LogP contribution in [0.15, 0.2) is 36.7 Å². The summed E-state index contributed by atoms with van der Waals surface area (Å²) in [5.74, 6) is -1.63. The van der Waals surface area contributed by atoms with Crippen LogP contribution in [0.5, 0.6) is 0 Å². The van der Waals surface area contributed by atoms with Crippen molar-refractivity contribution in [3.05, 3.63) is 54.0 Å². The van der Waals surface area contributed by atoms with Crippen molar-refractivity contribution in [1.29, 1.82) is 0 Å². The van der Waals surface area contributed by atoms with Crippen molar-refractivity contribution >= 4 is 27.0 Å². The van der Waals surface area contributed by atoms with Gasteiger partial charge in [-0.15, -0.1) is 0 Å². The number of rotatable bonds is 6. The van der Waals surface area contributed by atoms with E-state index in [1.165, 1.54) is 16.9 Å². The SMILES string of the molecule is CCCS(=O)(=O)N(c1cnc2cc(C3CCNCC3)nn2c1)c1ccc(F)cc1F. The van der Waals surface area contributed by atoms with Crippen molar-refractivity contribution in [2.75, 3.05) is 23.1 Å². The molecule has 1 fully saturated rings. The molecule has 0 amide bonds. The zero-order valence-corrected chi connectivity index (χ0v) is 17.4. The van der Waals surface area contributed by atoms with Gasteiger partial charge >= 0.3 is 0 Å². The maximum atomic E-state index is 14.5. The molecule has 1 aliphatic heterocycles. The zero-order valence-electron chi connectivity index (χ0n) is 16.6. The normalized spacial score (nSPS) is 15.6. The van der Waals surface area contributed by atoms with E-state index in [4.69, 9.17) is 0 Å². The average Bonchev–Trinajstić information content (AvgIpc) is 3.14. The number of halogens is 2. The number of fused-ring (bicyclic) bond motifs is 1. The lowest BCUT2D eigenvalue weighted by molar-refractivity contribution is 0.452. The lowest BCUT2D eigenvalue weighted by atomic mass is 9.95. The quantitative estimate of drug-likeness (QED) is 0.642. The first-order valence-electron chi connectivity index (χ1n) is 9.93. The minimum Gasteiger partial charge on any atom is -0.317 e. The molecular formula is C20H23F2N5O2S. The summed E-state index contributed by atoms with van der Waals surface area (Å²) in [7, 11) is -3.91. The molecule has 0 aliphatic carbocycles. The van der Waals surface area contributed by atoms with E-state index in [9.17, 15) is 17.2 Å². The van der Waals surface area contributed by atoms with Gasteiger partial charge in [0.25, 0.3) is 0 Å². The largest absolute Gasteiger partial charge is 0.317 e. The van der Waals surface area contributed by atoms with Crippen LogP contribution in [-0.2, 0) is 10.0 Å². The van der Waals surface area contributed by atoms with Crippen molar-refractivity contribution < 1.29 is 17.2 Å². The van der Waals surface area contributed by atoms with E-state index in [0.29, 0.717) is 24.1 Å². The van der Waals surface area contributed by atoms with Gasteiger partial charge in [0.1, 0.15) is 5.82 Å². The molecule has 7 nitrogen and oxygen atoms in total. The van der Waals surface area contributed by atoms with Gasteiger partial charge in [-0.2, -0.15) is 5.10 Å². The molecule has 3 heterocycles. The van der Waals surface area contributed by atoms with Gasteiger partial charge in [-0.3, -0.25) is 0 Å². The molecule has 1 saturated heterocycles. The number of sulfonamides is 1. The predicted molar refractivity (Wildman–Crippen MR) is 110 cm³/mol. The summed E-state index contributed by atoms with van der Waals surface area (Å²) in [6.45, 7) is 3.56. The monoisotopic (exact) mass is 435 g/mol. The summed E-state index contributed by atoms with van der Waals surface area (Å²) in [5, 5.41) is 7.90. The topological polar surface area (TPSA) is 79.6 Å². The number of benzene rings is 1. The van der Waals surface area contributed by atoms with Gasteiger partial charge in [-0.1, -0.05) is 6.92 Å². The molecule has 3 aromatic rings. The van der Waals surface area contributed by atoms with Crippen LogP contribution in [0, 0.1) is 11.6 Å². The predicted octanol–water partition coefficient (Wildman–Crippen LogP) is 3.35. The Labute approximate surface area is 173 Å². The lowest BCUT2D eigenvalue weighted by Gasteiger charge is -2.24. The summed E-state index contributed by atoms with van der Waals surface area (Å²) in [5.41, 5.74) is 1.37. The van der Waals surface area contributed by atoms with Gasteiger partial charge in [0, 0.05) is 18.1 Å². The molecule has 30 heavy (non-hydrogen) atoms. The van der Waals surface area contributed by atoms with Crippen molar-refractivity contribution in [3.63, 3.8) is 0 Å². The smallest absolute Gasteiger partial charge is 0.239 e. The molecule has 1 aromatic carbocycles. The molecule has 1 aliphatic rings. The van der Waals surface area contributed by atoms with E-state index < -0.39 is 21.7 Å². The minimum absolute atomic E-state index is 0.140.